The predicted molar refractivity (Wildman–Crippen MR) is 157 cm³/mol. The Balaban J connectivity index is 1.28. The van der Waals surface area contributed by atoms with Gasteiger partial charge < -0.3 is 14.7 Å². The lowest BCUT2D eigenvalue weighted by atomic mass is 10.1. The fraction of sp³-hybridized carbons (Fsp3) is 0.250. The number of hydrogen-bond acceptors (Lipinski definition) is 4. The summed E-state index contributed by atoms with van der Waals surface area (Å²) >= 11 is 6.02. The SMILES string of the molecule is O=C(c1ccc(CN2C(=O)CN(C(=O)c3ccc(Cl)cc3)Cc3nn(Cc4ccccc4)cc32)cc1)N1CCCC1. The van der Waals surface area contributed by atoms with Crippen molar-refractivity contribution in [3.05, 3.63) is 118 Å². The van der Waals surface area contributed by atoms with Gasteiger partial charge in [-0.25, -0.2) is 0 Å². The first-order valence-corrected chi connectivity index (χ1v) is 14.2. The molecule has 41 heavy (non-hydrogen) atoms. The average Bonchev–Trinajstić information content (AvgIpc) is 3.64. The van der Waals surface area contributed by atoms with E-state index in [4.69, 9.17) is 16.7 Å². The van der Waals surface area contributed by atoms with Gasteiger partial charge in [0.25, 0.3) is 11.8 Å². The zero-order chi connectivity index (χ0) is 28.3. The number of anilines is 1. The van der Waals surface area contributed by atoms with Gasteiger partial charge in [0.2, 0.25) is 5.91 Å². The molecule has 8 nitrogen and oxygen atoms in total. The van der Waals surface area contributed by atoms with Crippen LogP contribution in [0.2, 0.25) is 5.02 Å². The molecular formula is C32H30ClN5O3. The Labute approximate surface area is 243 Å². The van der Waals surface area contributed by atoms with Crippen LogP contribution < -0.4 is 4.90 Å². The Morgan fingerprint density at radius 1 is 0.732 bits per heavy atom. The van der Waals surface area contributed by atoms with Crippen LogP contribution in [0.3, 0.4) is 0 Å². The van der Waals surface area contributed by atoms with Crippen LogP contribution in [0.4, 0.5) is 5.69 Å². The normalized spacial score (nSPS) is 15.1. The van der Waals surface area contributed by atoms with Crippen molar-refractivity contribution in [3.63, 3.8) is 0 Å². The van der Waals surface area contributed by atoms with E-state index in [1.165, 1.54) is 4.90 Å². The van der Waals surface area contributed by atoms with Crippen molar-refractivity contribution in [1.82, 2.24) is 19.6 Å². The van der Waals surface area contributed by atoms with E-state index >= 15 is 0 Å². The molecule has 1 saturated heterocycles. The first-order valence-electron chi connectivity index (χ1n) is 13.8. The highest BCUT2D eigenvalue weighted by Gasteiger charge is 2.32. The molecule has 2 aliphatic heterocycles. The summed E-state index contributed by atoms with van der Waals surface area (Å²) in [5.74, 6) is -0.423. The second kappa shape index (κ2) is 11.6. The highest BCUT2D eigenvalue weighted by molar-refractivity contribution is 6.30. The molecule has 0 aliphatic carbocycles. The van der Waals surface area contributed by atoms with Gasteiger partial charge in [0.1, 0.15) is 12.2 Å². The first-order chi connectivity index (χ1) is 19.9. The summed E-state index contributed by atoms with van der Waals surface area (Å²) in [4.78, 5) is 45.1. The van der Waals surface area contributed by atoms with Crippen LogP contribution in [0.25, 0.3) is 0 Å². The summed E-state index contributed by atoms with van der Waals surface area (Å²) in [6.45, 7) is 2.54. The highest BCUT2D eigenvalue weighted by atomic mass is 35.5. The van der Waals surface area contributed by atoms with Crippen molar-refractivity contribution in [2.24, 2.45) is 0 Å². The zero-order valence-corrected chi connectivity index (χ0v) is 23.3. The topological polar surface area (TPSA) is 78.8 Å². The molecule has 0 N–H and O–H groups in total. The molecule has 6 rings (SSSR count). The number of nitrogens with zero attached hydrogens (tertiary/aromatic N) is 5. The minimum Gasteiger partial charge on any atom is -0.339 e. The van der Waals surface area contributed by atoms with Gasteiger partial charge in [-0.15, -0.1) is 0 Å². The number of likely N-dealkylation sites (tertiary alicyclic amines) is 1. The summed E-state index contributed by atoms with van der Waals surface area (Å²) in [6.07, 6.45) is 3.96. The molecule has 208 valence electrons. The first kappa shape index (κ1) is 26.8. The summed E-state index contributed by atoms with van der Waals surface area (Å²) in [6, 6.07) is 24.1. The molecule has 1 aromatic heterocycles. The maximum atomic E-state index is 13.7. The quantitative estimate of drug-likeness (QED) is 0.328. The lowest BCUT2D eigenvalue weighted by molar-refractivity contribution is -0.119. The van der Waals surface area contributed by atoms with Crippen LogP contribution in [0.15, 0.2) is 85.1 Å². The molecule has 2 aliphatic rings. The molecule has 4 aromatic rings. The Morgan fingerprint density at radius 3 is 2.02 bits per heavy atom. The van der Waals surface area contributed by atoms with Crippen molar-refractivity contribution in [3.8, 4) is 0 Å². The lowest BCUT2D eigenvalue weighted by Crippen LogP contribution is -2.40. The predicted octanol–water partition coefficient (Wildman–Crippen LogP) is 5.01. The number of carbonyl (C=O) groups is 3. The van der Waals surface area contributed by atoms with Crippen molar-refractivity contribution in [2.75, 3.05) is 24.5 Å². The molecule has 0 saturated carbocycles. The number of fused-ring (bicyclic) bond motifs is 1. The van der Waals surface area contributed by atoms with Crippen molar-refractivity contribution >= 4 is 35.0 Å². The molecule has 9 heteroatoms. The third-order valence-corrected chi connectivity index (χ3v) is 7.83. The van der Waals surface area contributed by atoms with E-state index in [2.05, 4.69) is 0 Å². The third kappa shape index (κ3) is 5.88. The van der Waals surface area contributed by atoms with Gasteiger partial charge in [0.15, 0.2) is 0 Å². The van der Waals surface area contributed by atoms with Crippen LogP contribution in [-0.4, -0.2) is 56.9 Å². The number of amides is 3. The number of aromatic nitrogens is 2. The van der Waals surface area contributed by atoms with Crippen LogP contribution in [0.5, 0.6) is 0 Å². The summed E-state index contributed by atoms with van der Waals surface area (Å²) in [7, 11) is 0. The smallest absolute Gasteiger partial charge is 0.254 e. The van der Waals surface area contributed by atoms with E-state index in [1.54, 1.807) is 29.2 Å². The Bertz CT molecular complexity index is 1560. The fourth-order valence-corrected chi connectivity index (χ4v) is 5.52. The van der Waals surface area contributed by atoms with Gasteiger partial charge in [-0.05, 0) is 60.4 Å². The van der Waals surface area contributed by atoms with Crippen molar-refractivity contribution in [1.29, 1.82) is 0 Å². The number of rotatable bonds is 6. The summed E-state index contributed by atoms with van der Waals surface area (Å²) in [5, 5.41) is 5.35. The maximum absolute atomic E-state index is 13.7. The van der Waals surface area contributed by atoms with Crippen LogP contribution in [-0.2, 0) is 24.4 Å². The van der Waals surface area contributed by atoms with Crippen LogP contribution in [0.1, 0.15) is 50.4 Å². The van der Waals surface area contributed by atoms with E-state index < -0.39 is 0 Å². The molecule has 0 spiro atoms. The molecule has 0 unspecified atom stereocenters. The lowest BCUT2D eigenvalue weighted by Gasteiger charge is -2.23. The van der Waals surface area contributed by atoms with E-state index in [-0.39, 0.29) is 30.8 Å². The minimum atomic E-state index is -0.259. The van der Waals surface area contributed by atoms with Crippen molar-refractivity contribution in [2.45, 2.75) is 32.5 Å². The Hall–Kier alpha value is -4.43. The van der Waals surface area contributed by atoms with Gasteiger partial charge in [0.05, 0.1) is 25.3 Å². The fourth-order valence-electron chi connectivity index (χ4n) is 5.39. The molecule has 0 bridgehead atoms. The molecule has 3 amide bonds. The van der Waals surface area contributed by atoms with E-state index in [0.29, 0.717) is 40.6 Å². The highest BCUT2D eigenvalue weighted by Crippen LogP contribution is 2.28. The van der Waals surface area contributed by atoms with Gasteiger partial charge in [0, 0.05) is 35.4 Å². The number of carbonyl (C=O) groups excluding carboxylic acids is 3. The van der Waals surface area contributed by atoms with Gasteiger partial charge in [-0.1, -0.05) is 54.1 Å². The standard InChI is InChI=1S/C32H30ClN5O3/c33-27-14-12-26(13-15-27)32(41)36-20-28-29(21-37(34-28)18-23-6-2-1-3-7-23)38(30(39)22-36)19-24-8-10-25(11-9-24)31(40)35-16-4-5-17-35/h1-3,6-15,21H,4-5,16-20,22H2. The maximum Gasteiger partial charge on any atom is 0.254 e. The largest absolute Gasteiger partial charge is 0.339 e. The third-order valence-electron chi connectivity index (χ3n) is 7.58. The van der Waals surface area contributed by atoms with E-state index in [9.17, 15) is 14.4 Å². The molecule has 3 aromatic carbocycles. The molecule has 0 radical (unpaired) electrons. The summed E-state index contributed by atoms with van der Waals surface area (Å²) < 4.78 is 1.81. The van der Waals surface area contributed by atoms with Crippen LogP contribution in [0, 0.1) is 0 Å². The molecule has 0 atom stereocenters. The number of hydrogen-bond donors (Lipinski definition) is 0. The second-order valence-corrected chi connectivity index (χ2v) is 10.9. The van der Waals surface area contributed by atoms with Gasteiger partial charge in [-0.2, -0.15) is 5.10 Å². The van der Waals surface area contributed by atoms with Crippen molar-refractivity contribution < 1.29 is 14.4 Å². The molecule has 1 fully saturated rings. The number of halogens is 1. The van der Waals surface area contributed by atoms with Gasteiger partial charge >= 0.3 is 0 Å². The van der Waals surface area contributed by atoms with Crippen LogP contribution >= 0.6 is 11.6 Å². The van der Waals surface area contributed by atoms with E-state index in [0.717, 1.165) is 37.1 Å². The molecule has 3 heterocycles. The monoisotopic (exact) mass is 567 g/mol. The number of benzene rings is 3. The zero-order valence-electron chi connectivity index (χ0n) is 22.6. The minimum absolute atomic E-state index is 0.0423. The average molecular weight is 568 g/mol. The summed E-state index contributed by atoms with van der Waals surface area (Å²) in [5.41, 5.74) is 4.39. The van der Waals surface area contributed by atoms with Gasteiger partial charge in [-0.3, -0.25) is 19.1 Å². The Morgan fingerprint density at radius 2 is 1.34 bits per heavy atom. The molecular weight excluding hydrogens is 538 g/mol. The second-order valence-electron chi connectivity index (χ2n) is 10.5. The Kier molecular flexibility index (Phi) is 7.57. The van der Waals surface area contributed by atoms with E-state index in [1.807, 2.05) is 70.4 Å².